The third-order valence-corrected chi connectivity index (χ3v) is 3.65. The van der Waals surface area contributed by atoms with Crippen LogP contribution >= 0.6 is 34.8 Å². The highest BCUT2D eigenvalue weighted by atomic mass is 35.5. The molecule has 0 aliphatic rings. The Morgan fingerprint density at radius 1 is 1.16 bits per heavy atom. The van der Waals surface area contributed by atoms with Crippen LogP contribution in [0.1, 0.15) is 5.56 Å². The predicted octanol–water partition coefficient (Wildman–Crippen LogP) is 4.36. The van der Waals surface area contributed by atoms with E-state index in [1.807, 2.05) is 0 Å². The summed E-state index contributed by atoms with van der Waals surface area (Å²) in [6.45, 7) is 0. The molecule has 3 nitrogen and oxygen atoms in total. The van der Waals surface area contributed by atoms with Gasteiger partial charge in [-0.15, -0.1) is 0 Å². The lowest BCUT2D eigenvalue weighted by atomic mass is 9.99. The zero-order valence-corrected chi connectivity index (χ0v) is 11.9. The average Bonchev–Trinajstić information content (AvgIpc) is 2.35. The summed E-state index contributed by atoms with van der Waals surface area (Å²) in [5, 5.41) is 10.00. The van der Waals surface area contributed by atoms with Crippen LogP contribution in [0.15, 0.2) is 24.4 Å². The minimum Gasteiger partial charge on any atom is -0.383 e. The summed E-state index contributed by atoms with van der Waals surface area (Å²) in [4.78, 5) is 4.03. The van der Waals surface area contributed by atoms with Crippen molar-refractivity contribution in [1.82, 2.24) is 4.98 Å². The van der Waals surface area contributed by atoms with Crippen LogP contribution in [0.5, 0.6) is 0 Å². The SMILES string of the molecule is N#CCc1ccnc(N)c1-c1cc(Cl)c(Cl)cc1Cl. The van der Waals surface area contributed by atoms with Gasteiger partial charge >= 0.3 is 0 Å². The first-order valence-electron chi connectivity index (χ1n) is 5.29. The molecule has 19 heavy (non-hydrogen) atoms. The molecular weight excluding hydrogens is 305 g/mol. The van der Waals surface area contributed by atoms with E-state index in [0.717, 1.165) is 5.56 Å². The van der Waals surface area contributed by atoms with Gasteiger partial charge in [-0.2, -0.15) is 5.26 Å². The molecule has 1 aromatic carbocycles. The van der Waals surface area contributed by atoms with Crippen molar-refractivity contribution < 1.29 is 0 Å². The van der Waals surface area contributed by atoms with E-state index in [4.69, 9.17) is 45.8 Å². The first kappa shape index (κ1) is 14.0. The molecule has 0 saturated carbocycles. The average molecular weight is 313 g/mol. The summed E-state index contributed by atoms with van der Waals surface area (Å²) in [6.07, 6.45) is 1.76. The minimum atomic E-state index is 0.207. The molecule has 2 aromatic rings. The van der Waals surface area contributed by atoms with Gasteiger partial charge in [0.15, 0.2) is 0 Å². The van der Waals surface area contributed by atoms with E-state index in [1.54, 1.807) is 24.4 Å². The van der Waals surface area contributed by atoms with E-state index in [1.165, 1.54) is 0 Å². The summed E-state index contributed by atoms with van der Waals surface area (Å²) >= 11 is 18.1. The number of benzene rings is 1. The van der Waals surface area contributed by atoms with Crippen LogP contribution in [-0.2, 0) is 6.42 Å². The topological polar surface area (TPSA) is 62.7 Å². The molecule has 0 unspecified atom stereocenters. The van der Waals surface area contributed by atoms with Gasteiger partial charge in [-0.05, 0) is 23.8 Å². The normalized spacial score (nSPS) is 10.2. The lowest BCUT2D eigenvalue weighted by Crippen LogP contribution is -1.99. The number of aromatic nitrogens is 1. The Bertz CT molecular complexity index is 678. The number of hydrogen-bond donors (Lipinski definition) is 1. The van der Waals surface area contributed by atoms with E-state index >= 15 is 0 Å². The minimum absolute atomic E-state index is 0.207. The van der Waals surface area contributed by atoms with Crippen molar-refractivity contribution in [2.75, 3.05) is 5.73 Å². The molecule has 0 aliphatic carbocycles. The number of pyridine rings is 1. The molecule has 96 valence electrons. The van der Waals surface area contributed by atoms with E-state index in [-0.39, 0.29) is 6.42 Å². The molecule has 0 aliphatic heterocycles. The lowest BCUT2D eigenvalue weighted by Gasteiger charge is -2.12. The zero-order valence-electron chi connectivity index (χ0n) is 9.62. The predicted molar refractivity (Wildman–Crippen MR) is 78.4 cm³/mol. The third-order valence-electron chi connectivity index (χ3n) is 2.62. The van der Waals surface area contributed by atoms with Gasteiger partial charge in [-0.25, -0.2) is 4.98 Å². The molecular formula is C13H8Cl3N3. The standard InChI is InChI=1S/C13H8Cl3N3/c14-9-6-11(16)10(15)5-8(9)12-7(1-3-17)2-4-19-13(12)18/h2,4-6H,1H2,(H2,18,19). The highest BCUT2D eigenvalue weighted by Gasteiger charge is 2.15. The maximum Gasteiger partial charge on any atom is 0.131 e. The fourth-order valence-electron chi connectivity index (χ4n) is 1.78. The van der Waals surface area contributed by atoms with Crippen molar-refractivity contribution in [1.29, 1.82) is 5.26 Å². The van der Waals surface area contributed by atoms with Gasteiger partial charge in [-0.1, -0.05) is 34.8 Å². The van der Waals surface area contributed by atoms with Gasteiger partial charge in [0.1, 0.15) is 5.82 Å². The van der Waals surface area contributed by atoms with Crippen LogP contribution in [0.4, 0.5) is 5.82 Å². The van der Waals surface area contributed by atoms with E-state index < -0.39 is 0 Å². The summed E-state index contributed by atoms with van der Waals surface area (Å²) in [7, 11) is 0. The monoisotopic (exact) mass is 311 g/mol. The van der Waals surface area contributed by atoms with Gasteiger partial charge in [0.25, 0.3) is 0 Å². The molecule has 0 saturated heterocycles. The van der Waals surface area contributed by atoms with E-state index in [2.05, 4.69) is 11.1 Å². The summed E-state index contributed by atoms with van der Waals surface area (Å²) in [5.41, 5.74) is 7.87. The Morgan fingerprint density at radius 2 is 1.84 bits per heavy atom. The molecule has 0 bridgehead atoms. The number of halogens is 3. The number of nitrogen functional groups attached to an aromatic ring is 1. The number of nitrogens with two attached hydrogens (primary N) is 1. The number of anilines is 1. The Balaban J connectivity index is 2.72. The van der Waals surface area contributed by atoms with Crippen LogP contribution < -0.4 is 5.73 Å². The fourth-order valence-corrected chi connectivity index (χ4v) is 2.42. The number of hydrogen-bond acceptors (Lipinski definition) is 3. The van der Waals surface area contributed by atoms with Crippen molar-refractivity contribution in [3.8, 4) is 17.2 Å². The summed E-state index contributed by atoms with van der Waals surface area (Å²) in [6, 6.07) is 6.98. The molecule has 1 aromatic heterocycles. The molecule has 2 rings (SSSR count). The van der Waals surface area contributed by atoms with E-state index in [0.29, 0.717) is 32.0 Å². The first-order valence-corrected chi connectivity index (χ1v) is 6.43. The second-order valence-electron chi connectivity index (χ2n) is 3.81. The second kappa shape index (κ2) is 5.66. The largest absolute Gasteiger partial charge is 0.383 e. The molecule has 0 spiro atoms. The van der Waals surface area contributed by atoms with Crippen molar-refractivity contribution >= 4 is 40.6 Å². The maximum atomic E-state index is 8.86. The Kier molecular flexibility index (Phi) is 4.16. The van der Waals surface area contributed by atoms with Gasteiger partial charge in [0.05, 0.1) is 27.6 Å². The summed E-state index contributed by atoms with van der Waals surface area (Å²) < 4.78 is 0. The molecule has 0 atom stereocenters. The first-order chi connectivity index (χ1) is 9.04. The zero-order chi connectivity index (χ0) is 14.0. The highest BCUT2D eigenvalue weighted by Crippen LogP contribution is 2.38. The van der Waals surface area contributed by atoms with Crippen LogP contribution in [-0.4, -0.2) is 4.98 Å². The molecule has 0 fully saturated rings. The van der Waals surface area contributed by atoms with Gasteiger partial charge in [0, 0.05) is 17.3 Å². The molecule has 6 heteroatoms. The van der Waals surface area contributed by atoms with Crippen molar-refractivity contribution in [2.24, 2.45) is 0 Å². The van der Waals surface area contributed by atoms with Crippen LogP contribution in [0.2, 0.25) is 15.1 Å². The smallest absolute Gasteiger partial charge is 0.131 e. The summed E-state index contributed by atoms with van der Waals surface area (Å²) in [5.74, 6) is 0.299. The number of nitrogens with zero attached hydrogens (tertiary/aromatic N) is 2. The molecule has 2 N–H and O–H groups in total. The van der Waals surface area contributed by atoms with Crippen molar-refractivity contribution in [3.05, 3.63) is 45.0 Å². The van der Waals surface area contributed by atoms with Crippen LogP contribution in [0.3, 0.4) is 0 Å². The van der Waals surface area contributed by atoms with Crippen molar-refractivity contribution in [2.45, 2.75) is 6.42 Å². The fraction of sp³-hybridized carbons (Fsp3) is 0.0769. The van der Waals surface area contributed by atoms with E-state index in [9.17, 15) is 0 Å². The van der Waals surface area contributed by atoms with Crippen molar-refractivity contribution in [3.63, 3.8) is 0 Å². The van der Waals surface area contributed by atoms with Gasteiger partial charge in [0.2, 0.25) is 0 Å². The maximum absolute atomic E-state index is 8.86. The highest BCUT2D eigenvalue weighted by molar-refractivity contribution is 6.44. The second-order valence-corrected chi connectivity index (χ2v) is 5.03. The van der Waals surface area contributed by atoms with Crippen LogP contribution in [0.25, 0.3) is 11.1 Å². The Morgan fingerprint density at radius 3 is 2.53 bits per heavy atom. The number of nitriles is 1. The molecule has 0 radical (unpaired) electrons. The lowest BCUT2D eigenvalue weighted by molar-refractivity contribution is 1.22. The third kappa shape index (κ3) is 2.76. The molecule has 0 amide bonds. The Hall–Kier alpha value is -1.47. The Labute approximate surface area is 125 Å². The van der Waals surface area contributed by atoms with Crippen LogP contribution in [0, 0.1) is 11.3 Å². The quantitative estimate of drug-likeness (QED) is 0.838. The van der Waals surface area contributed by atoms with Gasteiger partial charge < -0.3 is 5.73 Å². The van der Waals surface area contributed by atoms with Gasteiger partial charge in [-0.3, -0.25) is 0 Å². The molecule has 1 heterocycles. The number of rotatable bonds is 2.